The Morgan fingerprint density at radius 3 is 3.05 bits per heavy atom. The fraction of sp³-hybridized carbons (Fsp3) is 0.462. The van der Waals surface area contributed by atoms with Gasteiger partial charge in [0.2, 0.25) is 5.91 Å². The van der Waals surface area contributed by atoms with Crippen LogP contribution < -0.4 is 10.6 Å². The molecule has 1 aliphatic rings. The first-order valence-corrected chi connectivity index (χ1v) is 8.37. The smallest absolute Gasteiger partial charge is 0.243 e. The van der Waals surface area contributed by atoms with Crippen LogP contribution in [0.3, 0.4) is 0 Å². The van der Waals surface area contributed by atoms with E-state index in [2.05, 4.69) is 10.6 Å². The third-order valence-corrected chi connectivity index (χ3v) is 4.00. The molecule has 7 heteroatoms. The van der Waals surface area contributed by atoms with Crippen LogP contribution in [-0.2, 0) is 26.1 Å². The fourth-order valence-electron chi connectivity index (χ4n) is 1.95. The van der Waals surface area contributed by atoms with E-state index in [1.807, 2.05) is 0 Å². The highest BCUT2D eigenvalue weighted by atomic mass is 35.5. The average Bonchev–Trinajstić information content (AvgIpc) is 2.43. The van der Waals surface area contributed by atoms with Gasteiger partial charge >= 0.3 is 0 Å². The second-order valence-electron chi connectivity index (χ2n) is 4.59. The van der Waals surface area contributed by atoms with Crippen LogP contribution in [0.4, 0.5) is 5.69 Å². The number of morpholine rings is 1. The largest absolute Gasteiger partial charge is 0.378 e. The van der Waals surface area contributed by atoms with Gasteiger partial charge in [-0.2, -0.15) is 0 Å². The van der Waals surface area contributed by atoms with Crippen molar-refractivity contribution in [3.8, 4) is 0 Å². The van der Waals surface area contributed by atoms with Gasteiger partial charge in [0.05, 0.1) is 13.2 Å². The maximum atomic E-state index is 12.0. The number of benzene rings is 1. The summed E-state index contributed by atoms with van der Waals surface area (Å²) in [5, 5.41) is 6.45. The van der Waals surface area contributed by atoms with Crippen LogP contribution in [-0.4, -0.2) is 42.2 Å². The molecule has 1 fully saturated rings. The van der Waals surface area contributed by atoms with Gasteiger partial charge in [-0.05, 0) is 23.8 Å². The first-order valence-electron chi connectivity index (χ1n) is 6.26. The summed E-state index contributed by atoms with van der Waals surface area (Å²) in [6.07, 6.45) is 1.62. The van der Waals surface area contributed by atoms with Crippen LogP contribution >= 0.6 is 11.6 Å². The monoisotopic (exact) mass is 316 g/mol. The summed E-state index contributed by atoms with van der Waals surface area (Å²) >= 11 is 6.05. The topological polar surface area (TPSA) is 67.4 Å². The van der Waals surface area contributed by atoms with Crippen LogP contribution in [0.1, 0.15) is 5.56 Å². The molecular weight excluding hydrogens is 300 g/mol. The molecule has 110 valence electrons. The normalized spacial score (nSPS) is 20.4. The molecular formula is C13H17ClN2O3S. The number of ether oxygens (including phenoxy) is 1. The van der Waals surface area contributed by atoms with Gasteiger partial charge in [0.15, 0.2) is 0 Å². The quantitative estimate of drug-likeness (QED) is 0.874. The maximum absolute atomic E-state index is 12.0. The summed E-state index contributed by atoms with van der Waals surface area (Å²) in [4.78, 5) is 12.0. The second-order valence-corrected chi connectivity index (χ2v) is 6.44. The summed E-state index contributed by atoms with van der Waals surface area (Å²) in [5.41, 5.74) is 1.41. The van der Waals surface area contributed by atoms with Crippen molar-refractivity contribution in [2.45, 2.75) is 11.8 Å². The van der Waals surface area contributed by atoms with E-state index in [-0.39, 0.29) is 11.9 Å². The highest BCUT2D eigenvalue weighted by Gasteiger charge is 2.21. The van der Waals surface area contributed by atoms with Gasteiger partial charge in [0, 0.05) is 40.1 Å². The van der Waals surface area contributed by atoms with Crippen molar-refractivity contribution in [1.82, 2.24) is 5.32 Å². The van der Waals surface area contributed by atoms with Gasteiger partial charge in [0.1, 0.15) is 6.04 Å². The molecule has 0 bridgehead atoms. The average molecular weight is 317 g/mol. The number of rotatable bonds is 4. The van der Waals surface area contributed by atoms with Crippen LogP contribution in [0, 0.1) is 0 Å². The number of amides is 1. The predicted molar refractivity (Wildman–Crippen MR) is 80.5 cm³/mol. The lowest BCUT2D eigenvalue weighted by atomic mass is 10.2. The zero-order valence-corrected chi connectivity index (χ0v) is 12.7. The lowest BCUT2D eigenvalue weighted by molar-refractivity contribution is -0.120. The van der Waals surface area contributed by atoms with Crippen molar-refractivity contribution < 1.29 is 13.7 Å². The van der Waals surface area contributed by atoms with E-state index in [0.717, 1.165) is 5.56 Å². The number of carbonyl (C=O) groups is 1. The van der Waals surface area contributed by atoms with E-state index in [1.54, 1.807) is 24.5 Å². The summed E-state index contributed by atoms with van der Waals surface area (Å²) in [6.45, 7) is 1.65. The highest BCUT2D eigenvalue weighted by molar-refractivity contribution is 7.83. The molecule has 2 unspecified atom stereocenters. The molecule has 0 saturated carbocycles. The molecule has 0 aliphatic carbocycles. The Kier molecular flexibility index (Phi) is 5.54. The van der Waals surface area contributed by atoms with E-state index in [9.17, 15) is 9.00 Å². The number of halogens is 1. The van der Waals surface area contributed by atoms with E-state index >= 15 is 0 Å². The Bertz CT molecular complexity index is 518. The molecule has 2 rings (SSSR count). The molecule has 1 aliphatic heterocycles. The standard InChI is InChI=1S/C13H17ClN2O3S/c1-20(18)8-9-6-10(2-3-11(9)14)16-13(17)12-7-19-5-4-15-12/h2-3,6,12,15H,4-5,7-8H2,1H3,(H,16,17). The molecule has 5 nitrogen and oxygen atoms in total. The fourth-order valence-corrected chi connectivity index (χ4v) is 2.89. The van der Waals surface area contributed by atoms with E-state index < -0.39 is 10.8 Å². The molecule has 20 heavy (non-hydrogen) atoms. The van der Waals surface area contributed by atoms with Crippen LogP contribution in [0.15, 0.2) is 18.2 Å². The van der Waals surface area contributed by atoms with E-state index in [0.29, 0.717) is 36.2 Å². The molecule has 0 radical (unpaired) electrons. The molecule has 0 aromatic heterocycles. The molecule has 1 aromatic rings. The summed E-state index contributed by atoms with van der Waals surface area (Å²) < 4.78 is 16.5. The maximum Gasteiger partial charge on any atom is 0.243 e. The Hall–Kier alpha value is -0.950. The minimum atomic E-state index is -0.982. The van der Waals surface area contributed by atoms with E-state index in [1.165, 1.54) is 0 Å². The first kappa shape index (κ1) is 15.4. The third-order valence-electron chi connectivity index (χ3n) is 2.91. The van der Waals surface area contributed by atoms with Crippen molar-refractivity contribution in [1.29, 1.82) is 0 Å². The summed E-state index contributed by atoms with van der Waals surface area (Å²) in [6, 6.07) is 4.84. The van der Waals surface area contributed by atoms with Crippen LogP contribution in [0.25, 0.3) is 0 Å². The molecule has 2 atom stereocenters. The van der Waals surface area contributed by atoms with Crippen molar-refractivity contribution >= 4 is 34.0 Å². The molecule has 0 spiro atoms. The molecule has 1 saturated heterocycles. The predicted octanol–water partition coefficient (Wildman–Crippen LogP) is 1.15. The van der Waals surface area contributed by atoms with Gasteiger partial charge in [-0.3, -0.25) is 9.00 Å². The van der Waals surface area contributed by atoms with Crippen molar-refractivity contribution in [3.05, 3.63) is 28.8 Å². The molecule has 2 N–H and O–H groups in total. The lowest BCUT2D eigenvalue weighted by Gasteiger charge is -2.23. The molecule has 1 aromatic carbocycles. The van der Waals surface area contributed by atoms with Crippen molar-refractivity contribution in [2.24, 2.45) is 0 Å². The SMILES string of the molecule is CS(=O)Cc1cc(NC(=O)C2COCCN2)ccc1Cl. The highest BCUT2D eigenvalue weighted by Crippen LogP contribution is 2.22. The number of hydrogen-bond acceptors (Lipinski definition) is 4. The zero-order chi connectivity index (χ0) is 14.5. The number of carbonyl (C=O) groups excluding carboxylic acids is 1. The third kappa shape index (κ3) is 4.28. The Labute approximate surface area is 125 Å². The minimum Gasteiger partial charge on any atom is -0.378 e. The first-order chi connectivity index (χ1) is 9.56. The summed E-state index contributed by atoms with van der Waals surface area (Å²) in [5.74, 6) is 0.225. The van der Waals surface area contributed by atoms with Crippen molar-refractivity contribution in [3.63, 3.8) is 0 Å². The number of anilines is 1. The second kappa shape index (κ2) is 7.17. The summed E-state index contributed by atoms with van der Waals surface area (Å²) in [7, 11) is -0.982. The Morgan fingerprint density at radius 2 is 2.40 bits per heavy atom. The molecule has 1 amide bonds. The molecule has 1 heterocycles. The van der Waals surface area contributed by atoms with Gasteiger partial charge in [-0.25, -0.2) is 0 Å². The minimum absolute atomic E-state index is 0.143. The van der Waals surface area contributed by atoms with Gasteiger partial charge in [-0.1, -0.05) is 11.6 Å². The number of hydrogen-bond donors (Lipinski definition) is 2. The lowest BCUT2D eigenvalue weighted by Crippen LogP contribution is -2.48. The van der Waals surface area contributed by atoms with Gasteiger partial charge in [-0.15, -0.1) is 0 Å². The van der Waals surface area contributed by atoms with Gasteiger partial charge in [0.25, 0.3) is 0 Å². The van der Waals surface area contributed by atoms with Crippen molar-refractivity contribution in [2.75, 3.05) is 31.3 Å². The Morgan fingerprint density at radius 1 is 1.60 bits per heavy atom. The van der Waals surface area contributed by atoms with Crippen LogP contribution in [0.5, 0.6) is 0 Å². The van der Waals surface area contributed by atoms with Gasteiger partial charge < -0.3 is 15.4 Å². The Balaban J connectivity index is 2.05. The van der Waals surface area contributed by atoms with E-state index in [4.69, 9.17) is 16.3 Å². The number of nitrogens with one attached hydrogen (secondary N) is 2. The van der Waals surface area contributed by atoms with Crippen LogP contribution in [0.2, 0.25) is 5.02 Å². The zero-order valence-electron chi connectivity index (χ0n) is 11.1.